The van der Waals surface area contributed by atoms with Gasteiger partial charge in [-0.2, -0.15) is 0 Å². The maximum absolute atomic E-state index is 12.1. The van der Waals surface area contributed by atoms with E-state index in [1.54, 1.807) is 0 Å². The number of rotatable bonds is 3. The maximum atomic E-state index is 12.1. The van der Waals surface area contributed by atoms with Crippen LogP contribution in [-0.2, 0) is 9.59 Å². The molecule has 1 heterocycles. The van der Waals surface area contributed by atoms with Gasteiger partial charge in [0.15, 0.2) is 0 Å². The van der Waals surface area contributed by atoms with E-state index >= 15 is 0 Å². The molecule has 3 aliphatic carbocycles. The molecule has 0 unspecified atom stereocenters. The molecule has 6 nitrogen and oxygen atoms in total. The number of amides is 4. The molecule has 0 aromatic rings. The molecule has 3 saturated carbocycles. The minimum Gasteiger partial charge on any atom is -0.352 e. The van der Waals surface area contributed by atoms with Crippen LogP contribution in [0, 0.1) is 23.7 Å². The van der Waals surface area contributed by atoms with E-state index in [1.807, 2.05) is 0 Å². The van der Waals surface area contributed by atoms with E-state index in [0.29, 0.717) is 5.92 Å². The fourth-order valence-electron chi connectivity index (χ4n) is 5.25. The van der Waals surface area contributed by atoms with Gasteiger partial charge in [0, 0.05) is 6.04 Å². The summed E-state index contributed by atoms with van der Waals surface area (Å²) in [6, 6.07) is -0.207. The first-order valence-electron chi connectivity index (χ1n) is 8.01. The van der Waals surface area contributed by atoms with Gasteiger partial charge in [-0.15, -0.1) is 0 Å². The molecule has 2 N–H and O–H groups in total. The van der Waals surface area contributed by atoms with Crippen LogP contribution < -0.4 is 10.6 Å². The van der Waals surface area contributed by atoms with Crippen LogP contribution in [0.3, 0.4) is 0 Å². The Kier molecular flexibility index (Phi) is 2.94. The number of urea groups is 1. The molecule has 0 aromatic carbocycles. The van der Waals surface area contributed by atoms with Gasteiger partial charge in [-0.1, -0.05) is 6.42 Å². The second-order valence-corrected chi connectivity index (χ2v) is 6.97. The Bertz CT molecular complexity index is 490. The van der Waals surface area contributed by atoms with Crippen LogP contribution in [0.5, 0.6) is 0 Å². The second kappa shape index (κ2) is 4.71. The standard InChI is InChI=1S/C15H21N3O3/c19-13(7-18-14(20)6-16-15(18)21)17-12-5-8-4-11(12)10-3-1-2-9(8)10/h8-12H,1-7H2,(H,16,21)(H,17,19)/t8-,9-,10+,11+,12-/m1/s1. The fraction of sp³-hybridized carbons (Fsp3) is 0.800. The molecule has 6 heteroatoms. The largest absolute Gasteiger partial charge is 0.352 e. The van der Waals surface area contributed by atoms with Crippen LogP contribution in [0.2, 0.25) is 0 Å². The van der Waals surface area contributed by atoms with Crippen molar-refractivity contribution in [2.75, 3.05) is 13.1 Å². The van der Waals surface area contributed by atoms with E-state index in [2.05, 4.69) is 10.6 Å². The predicted octanol–water partition coefficient (Wildman–Crippen LogP) is 0.479. The Hall–Kier alpha value is -1.59. The summed E-state index contributed by atoms with van der Waals surface area (Å²) >= 11 is 0. The van der Waals surface area contributed by atoms with E-state index in [-0.39, 0.29) is 30.9 Å². The van der Waals surface area contributed by atoms with Gasteiger partial charge in [0.25, 0.3) is 5.91 Å². The van der Waals surface area contributed by atoms with Crippen LogP contribution in [0.15, 0.2) is 0 Å². The van der Waals surface area contributed by atoms with Gasteiger partial charge < -0.3 is 10.6 Å². The van der Waals surface area contributed by atoms with Gasteiger partial charge in [-0.25, -0.2) is 4.79 Å². The Labute approximate surface area is 123 Å². The van der Waals surface area contributed by atoms with E-state index in [4.69, 9.17) is 0 Å². The molecule has 4 amide bonds. The number of carbonyl (C=O) groups is 3. The van der Waals surface area contributed by atoms with E-state index in [9.17, 15) is 14.4 Å². The highest BCUT2D eigenvalue weighted by Gasteiger charge is 2.54. The first kappa shape index (κ1) is 13.1. The van der Waals surface area contributed by atoms with Crippen molar-refractivity contribution < 1.29 is 14.4 Å². The Morgan fingerprint density at radius 3 is 2.76 bits per heavy atom. The summed E-state index contributed by atoms with van der Waals surface area (Å²) < 4.78 is 0. The van der Waals surface area contributed by atoms with Gasteiger partial charge in [0.05, 0.1) is 6.54 Å². The molecule has 114 valence electrons. The summed E-state index contributed by atoms with van der Waals surface area (Å²) in [5.41, 5.74) is 0. The van der Waals surface area contributed by atoms with Crippen molar-refractivity contribution >= 4 is 17.8 Å². The molecule has 4 fully saturated rings. The van der Waals surface area contributed by atoms with Gasteiger partial charge in [0.2, 0.25) is 5.91 Å². The van der Waals surface area contributed by atoms with Crippen LogP contribution in [-0.4, -0.2) is 41.9 Å². The van der Waals surface area contributed by atoms with Gasteiger partial charge in [0.1, 0.15) is 6.54 Å². The third kappa shape index (κ3) is 2.03. The zero-order valence-corrected chi connectivity index (χ0v) is 12.0. The number of hydrogen-bond donors (Lipinski definition) is 2. The highest BCUT2D eigenvalue weighted by molar-refractivity contribution is 6.04. The van der Waals surface area contributed by atoms with Crippen molar-refractivity contribution in [3.8, 4) is 0 Å². The molecule has 2 bridgehead atoms. The lowest BCUT2D eigenvalue weighted by Crippen LogP contribution is -2.47. The zero-order valence-electron chi connectivity index (χ0n) is 12.0. The minimum absolute atomic E-state index is 0.00396. The Balaban J connectivity index is 1.36. The summed E-state index contributed by atoms with van der Waals surface area (Å²) in [6.45, 7) is -0.142. The van der Waals surface area contributed by atoms with Crippen molar-refractivity contribution in [1.29, 1.82) is 0 Å². The van der Waals surface area contributed by atoms with Crippen LogP contribution in [0.4, 0.5) is 4.79 Å². The second-order valence-electron chi connectivity index (χ2n) is 6.97. The predicted molar refractivity (Wildman–Crippen MR) is 74.1 cm³/mol. The monoisotopic (exact) mass is 291 g/mol. The minimum atomic E-state index is -0.459. The van der Waals surface area contributed by atoms with E-state index in [1.165, 1.54) is 25.7 Å². The summed E-state index contributed by atoms with van der Waals surface area (Å²) in [5, 5.41) is 5.51. The SMILES string of the molecule is O=C(CN1C(=O)CNC1=O)N[C@@H]1C[C@H]2C[C@H]1[C@H]1CCC[C@H]21. The smallest absolute Gasteiger partial charge is 0.325 e. The molecule has 1 saturated heterocycles. The molecule has 0 radical (unpaired) electrons. The normalized spacial score (nSPS) is 40.6. The summed E-state index contributed by atoms with van der Waals surface area (Å²) in [4.78, 5) is 36.1. The van der Waals surface area contributed by atoms with Gasteiger partial charge in [-0.05, 0) is 49.4 Å². The quantitative estimate of drug-likeness (QED) is 0.742. The Morgan fingerprint density at radius 2 is 2.00 bits per heavy atom. The van der Waals surface area contributed by atoms with Gasteiger partial charge >= 0.3 is 6.03 Å². The zero-order chi connectivity index (χ0) is 14.6. The topological polar surface area (TPSA) is 78.5 Å². The molecule has 1 aliphatic heterocycles. The molecule has 0 spiro atoms. The molecular formula is C15H21N3O3. The van der Waals surface area contributed by atoms with Crippen molar-refractivity contribution in [3.63, 3.8) is 0 Å². The number of nitrogens with zero attached hydrogens (tertiary/aromatic N) is 1. The lowest BCUT2D eigenvalue weighted by atomic mass is 9.79. The highest BCUT2D eigenvalue weighted by Crippen LogP contribution is 2.58. The summed E-state index contributed by atoms with van der Waals surface area (Å²) in [5.74, 6) is 2.57. The number of imide groups is 1. The highest BCUT2D eigenvalue weighted by atomic mass is 16.2. The molecule has 4 rings (SSSR count). The van der Waals surface area contributed by atoms with Crippen molar-refractivity contribution in [1.82, 2.24) is 15.5 Å². The number of hydrogen-bond acceptors (Lipinski definition) is 3. The van der Waals surface area contributed by atoms with Crippen LogP contribution in [0.1, 0.15) is 32.1 Å². The average molecular weight is 291 g/mol. The van der Waals surface area contributed by atoms with Crippen molar-refractivity contribution in [2.45, 2.75) is 38.1 Å². The van der Waals surface area contributed by atoms with E-state index in [0.717, 1.165) is 29.1 Å². The van der Waals surface area contributed by atoms with Crippen molar-refractivity contribution in [3.05, 3.63) is 0 Å². The third-order valence-electron chi connectivity index (χ3n) is 6.01. The first-order chi connectivity index (χ1) is 10.1. The van der Waals surface area contributed by atoms with Crippen LogP contribution >= 0.6 is 0 Å². The Morgan fingerprint density at radius 1 is 1.19 bits per heavy atom. The number of nitrogens with one attached hydrogen (secondary N) is 2. The lowest BCUT2D eigenvalue weighted by molar-refractivity contribution is -0.131. The van der Waals surface area contributed by atoms with E-state index < -0.39 is 6.03 Å². The molecule has 21 heavy (non-hydrogen) atoms. The summed E-state index contributed by atoms with van der Waals surface area (Å²) in [7, 11) is 0. The average Bonchev–Trinajstić information content (AvgIpc) is 3.16. The number of carbonyl (C=O) groups excluding carboxylic acids is 3. The fourth-order valence-corrected chi connectivity index (χ4v) is 5.25. The first-order valence-corrected chi connectivity index (χ1v) is 8.01. The molecule has 4 aliphatic rings. The third-order valence-corrected chi connectivity index (χ3v) is 6.01. The molecule has 5 atom stereocenters. The van der Waals surface area contributed by atoms with Crippen molar-refractivity contribution in [2.24, 2.45) is 23.7 Å². The molecular weight excluding hydrogens is 270 g/mol. The number of fused-ring (bicyclic) bond motifs is 5. The van der Waals surface area contributed by atoms with Gasteiger partial charge in [-0.3, -0.25) is 14.5 Å². The summed E-state index contributed by atoms with van der Waals surface area (Å²) in [6.07, 6.45) is 6.35. The van der Waals surface area contributed by atoms with Crippen LogP contribution in [0.25, 0.3) is 0 Å². The lowest BCUT2D eigenvalue weighted by Gasteiger charge is -2.32. The molecule has 0 aromatic heterocycles. The maximum Gasteiger partial charge on any atom is 0.325 e.